The van der Waals surface area contributed by atoms with Crippen molar-refractivity contribution in [1.82, 2.24) is 4.57 Å². The number of rotatable bonds is 2. The van der Waals surface area contributed by atoms with Gasteiger partial charge < -0.3 is 4.57 Å². The Morgan fingerprint density at radius 3 is 2.87 bits per heavy atom. The molecule has 15 heavy (non-hydrogen) atoms. The molecule has 0 spiro atoms. The van der Waals surface area contributed by atoms with Crippen LogP contribution in [0, 0.1) is 6.92 Å². The van der Waals surface area contributed by atoms with Gasteiger partial charge in [0.2, 0.25) is 0 Å². The first-order valence-corrected chi connectivity index (χ1v) is 5.81. The Balaban J connectivity index is 2.33. The van der Waals surface area contributed by atoms with E-state index >= 15 is 0 Å². The molecule has 0 aliphatic carbocycles. The summed E-state index contributed by atoms with van der Waals surface area (Å²) >= 11 is 7.08. The van der Waals surface area contributed by atoms with E-state index in [0.717, 1.165) is 16.1 Å². The Morgan fingerprint density at radius 1 is 1.47 bits per heavy atom. The van der Waals surface area contributed by atoms with Crippen LogP contribution in [-0.4, -0.2) is 4.57 Å². The zero-order valence-corrected chi connectivity index (χ0v) is 9.81. The van der Waals surface area contributed by atoms with E-state index in [1.54, 1.807) is 16.1 Å². The SMILES string of the molecule is Cc1cc(Cl)ccc1Cn1ccsc1=O. The Kier molecular flexibility index (Phi) is 2.93. The number of thiazole rings is 1. The van der Waals surface area contributed by atoms with Crippen molar-refractivity contribution in [2.45, 2.75) is 13.5 Å². The molecule has 0 atom stereocenters. The van der Waals surface area contributed by atoms with Crippen molar-refractivity contribution in [3.63, 3.8) is 0 Å². The van der Waals surface area contributed by atoms with Crippen LogP contribution in [0.1, 0.15) is 11.1 Å². The normalized spacial score (nSPS) is 10.5. The number of nitrogens with zero attached hydrogens (tertiary/aromatic N) is 1. The fraction of sp³-hybridized carbons (Fsp3) is 0.182. The van der Waals surface area contributed by atoms with Crippen LogP contribution in [0.5, 0.6) is 0 Å². The summed E-state index contributed by atoms with van der Waals surface area (Å²) in [4.78, 5) is 11.4. The zero-order chi connectivity index (χ0) is 10.8. The van der Waals surface area contributed by atoms with Crippen LogP contribution < -0.4 is 4.87 Å². The summed E-state index contributed by atoms with van der Waals surface area (Å²) in [6.07, 6.45) is 1.81. The molecule has 2 aromatic rings. The highest BCUT2D eigenvalue weighted by atomic mass is 35.5. The highest BCUT2D eigenvalue weighted by Crippen LogP contribution is 2.15. The highest BCUT2D eigenvalue weighted by Gasteiger charge is 2.02. The molecule has 0 aliphatic heterocycles. The first kappa shape index (κ1) is 10.5. The summed E-state index contributed by atoms with van der Waals surface area (Å²) in [5.74, 6) is 0. The first-order valence-electron chi connectivity index (χ1n) is 4.56. The van der Waals surface area contributed by atoms with Crippen LogP contribution in [0.2, 0.25) is 5.02 Å². The van der Waals surface area contributed by atoms with Crippen LogP contribution in [0.4, 0.5) is 0 Å². The molecule has 0 bridgehead atoms. The molecule has 1 aromatic carbocycles. The minimum atomic E-state index is 0.0735. The smallest absolute Gasteiger partial charge is 0.302 e. The Morgan fingerprint density at radius 2 is 2.27 bits per heavy atom. The molecule has 0 unspecified atom stereocenters. The average molecular weight is 240 g/mol. The lowest BCUT2D eigenvalue weighted by Gasteiger charge is -2.06. The van der Waals surface area contributed by atoms with Gasteiger partial charge in [-0.15, -0.1) is 0 Å². The van der Waals surface area contributed by atoms with E-state index < -0.39 is 0 Å². The topological polar surface area (TPSA) is 22.0 Å². The predicted octanol–water partition coefficient (Wildman–Crippen LogP) is 2.92. The largest absolute Gasteiger partial charge is 0.307 e. The van der Waals surface area contributed by atoms with Gasteiger partial charge in [-0.25, -0.2) is 0 Å². The Bertz CT molecular complexity index is 529. The van der Waals surface area contributed by atoms with Crippen molar-refractivity contribution in [3.05, 3.63) is 55.6 Å². The number of hydrogen-bond donors (Lipinski definition) is 0. The first-order chi connectivity index (χ1) is 7.16. The van der Waals surface area contributed by atoms with Gasteiger partial charge in [-0.3, -0.25) is 4.79 Å². The standard InChI is InChI=1S/C11H10ClNOS/c1-8-6-10(12)3-2-9(8)7-13-4-5-15-11(13)14/h2-6H,7H2,1H3. The summed E-state index contributed by atoms with van der Waals surface area (Å²) in [6, 6.07) is 5.72. The summed E-state index contributed by atoms with van der Waals surface area (Å²) < 4.78 is 1.70. The lowest BCUT2D eigenvalue weighted by atomic mass is 10.1. The summed E-state index contributed by atoms with van der Waals surface area (Å²) in [5, 5.41) is 2.53. The van der Waals surface area contributed by atoms with E-state index in [0.29, 0.717) is 6.54 Å². The van der Waals surface area contributed by atoms with Crippen LogP contribution >= 0.6 is 22.9 Å². The number of benzene rings is 1. The molecule has 0 aliphatic rings. The summed E-state index contributed by atoms with van der Waals surface area (Å²) in [5.41, 5.74) is 2.24. The van der Waals surface area contributed by atoms with Gasteiger partial charge in [-0.1, -0.05) is 29.0 Å². The maximum atomic E-state index is 11.4. The fourth-order valence-corrected chi connectivity index (χ4v) is 2.24. The van der Waals surface area contributed by atoms with E-state index in [1.165, 1.54) is 11.3 Å². The van der Waals surface area contributed by atoms with E-state index in [4.69, 9.17) is 11.6 Å². The third-order valence-electron chi connectivity index (χ3n) is 2.29. The minimum Gasteiger partial charge on any atom is -0.302 e. The summed E-state index contributed by atoms with van der Waals surface area (Å²) in [6.45, 7) is 2.62. The van der Waals surface area contributed by atoms with Gasteiger partial charge in [0, 0.05) is 16.6 Å². The highest BCUT2D eigenvalue weighted by molar-refractivity contribution is 7.07. The minimum absolute atomic E-state index is 0.0735. The molecule has 2 rings (SSSR count). The van der Waals surface area contributed by atoms with Crippen LogP contribution in [0.15, 0.2) is 34.6 Å². The molecular weight excluding hydrogens is 230 g/mol. The van der Waals surface area contributed by atoms with Gasteiger partial charge in [0.15, 0.2) is 0 Å². The lowest BCUT2D eigenvalue weighted by molar-refractivity contribution is 0.779. The average Bonchev–Trinajstić information content (AvgIpc) is 2.57. The van der Waals surface area contributed by atoms with Crippen molar-refractivity contribution in [2.24, 2.45) is 0 Å². The van der Waals surface area contributed by atoms with Gasteiger partial charge in [0.05, 0.1) is 6.54 Å². The van der Waals surface area contributed by atoms with E-state index in [9.17, 15) is 4.79 Å². The van der Waals surface area contributed by atoms with Gasteiger partial charge in [-0.2, -0.15) is 0 Å². The molecule has 1 aromatic heterocycles. The zero-order valence-electron chi connectivity index (χ0n) is 8.24. The van der Waals surface area contributed by atoms with Gasteiger partial charge in [0.1, 0.15) is 0 Å². The van der Waals surface area contributed by atoms with Crippen LogP contribution in [0.3, 0.4) is 0 Å². The van der Waals surface area contributed by atoms with Crippen molar-refractivity contribution < 1.29 is 0 Å². The quantitative estimate of drug-likeness (QED) is 0.790. The van der Waals surface area contributed by atoms with E-state index in [1.807, 2.05) is 25.1 Å². The monoisotopic (exact) mass is 239 g/mol. The van der Waals surface area contributed by atoms with E-state index in [-0.39, 0.29) is 4.87 Å². The molecule has 0 N–H and O–H groups in total. The van der Waals surface area contributed by atoms with Gasteiger partial charge in [0.25, 0.3) is 0 Å². The Hall–Kier alpha value is -1.06. The molecule has 0 fully saturated rings. The van der Waals surface area contributed by atoms with Gasteiger partial charge in [-0.05, 0) is 30.2 Å². The van der Waals surface area contributed by atoms with Gasteiger partial charge >= 0.3 is 4.87 Å². The number of halogens is 1. The predicted molar refractivity (Wildman–Crippen MR) is 63.9 cm³/mol. The molecule has 2 nitrogen and oxygen atoms in total. The molecule has 0 radical (unpaired) electrons. The van der Waals surface area contributed by atoms with Crippen molar-refractivity contribution in [1.29, 1.82) is 0 Å². The Labute approximate surface area is 96.8 Å². The number of hydrogen-bond acceptors (Lipinski definition) is 2. The number of aromatic nitrogens is 1. The fourth-order valence-electron chi connectivity index (χ4n) is 1.43. The maximum Gasteiger partial charge on any atom is 0.307 e. The van der Waals surface area contributed by atoms with Crippen molar-refractivity contribution in [3.8, 4) is 0 Å². The molecule has 0 saturated carbocycles. The van der Waals surface area contributed by atoms with E-state index in [2.05, 4.69) is 0 Å². The third-order valence-corrected chi connectivity index (χ3v) is 3.22. The third kappa shape index (κ3) is 2.30. The number of aryl methyl sites for hydroxylation is 1. The van der Waals surface area contributed by atoms with Crippen molar-refractivity contribution >= 4 is 22.9 Å². The second-order valence-corrected chi connectivity index (χ2v) is 4.66. The maximum absolute atomic E-state index is 11.4. The van der Waals surface area contributed by atoms with Crippen LogP contribution in [-0.2, 0) is 6.54 Å². The van der Waals surface area contributed by atoms with Crippen LogP contribution in [0.25, 0.3) is 0 Å². The molecule has 78 valence electrons. The summed E-state index contributed by atoms with van der Waals surface area (Å²) in [7, 11) is 0. The molecule has 0 amide bonds. The molecule has 0 saturated heterocycles. The molecular formula is C11H10ClNOS. The van der Waals surface area contributed by atoms with Crippen molar-refractivity contribution in [2.75, 3.05) is 0 Å². The molecule has 1 heterocycles. The lowest BCUT2D eigenvalue weighted by Crippen LogP contribution is -2.13. The second kappa shape index (κ2) is 4.21. The molecule has 4 heteroatoms. The second-order valence-electron chi connectivity index (χ2n) is 3.37.